The number of rotatable bonds is 2. The molecule has 182 valence electrons. The van der Waals surface area contributed by atoms with E-state index >= 15 is 0 Å². The van der Waals surface area contributed by atoms with E-state index in [4.69, 9.17) is 4.74 Å². The Kier molecular flexibility index (Phi) is 7.42. The highest BCUT2D eigenvalue weighted by Crippen LogP contribution is 2.50. The van der Waals surface area contributed by atoms with Crippen molar-refractivity contribution in [3.8, 4) is 0 Å². The topological polar surface area (TPSA) is 75.6 Å². The lowest BCUT2D eigenvalue weighted by atomic mass is 9.63. The Morgan fingerprint density at radius 3 is 2.65 bits per heavy atom. The van der Waals surface area contributed by atoms with Crippen LogP contribution in [-0.2, 0) is 20.7 Å². The van der Waals surface area contributed by atoms with Crippen LogP contribution >= 0.6 is 0 Å². The van der Waals surface area contributed by atoms with Crippen LogP contribution < -0.4 is 5.32 Å². The summed E-state index contributed by atoms with van der Waals surface area (Å²) >= 11 is 0. The van der Waals surface area contributed by atoms with Gasteiger partial charge in [0, 0.05) is 24.0 Å². The number of aliphatic hydroxyl groups is 1. The molecule has 1 fully saturated rings. The van der Waals surface area contributed by atoms with Gasteiger partial charge < -0.3 is 15.2 Å². The van der Waals surface area contributed by atoms with Crippen LogP contribution in [0.5, 0.6) is 0 Å². The molecule has 5 nitrogen and oxygen atoms in total. The molecule has 7 atom stereocenters. The zero-order chi connectivity index (χ0) is 24.3. The predicted molar refractivity (Wildman–Crippen MR) is 133 cm³/mol. The van der Waals surface area contributed by atoms with Crippen molar-refractivity contribution in [2.45, 2.75) is 70.6 Å². The Labute approximate surface area is 203 Å². The summed E-state index contributed by atoms with van der Waals surface area (Å²) in [6.07, 6.45) is 12.5. The summed E-state index contributed by atoms with van der Waals surface area (Å²) in [5, 5.41) is 13.5. The van der Waals surface area contributed by atoms with Gasteiger partial charge in [-0.2, -0.15) is 0 Å². The van der Waals surface area contributed by atoms with Gasteiger partial charge in [-0.3, -0.25) is 4.79 Å². The summed E-state index contributed by atoms with van der Waals surface area (Å²) in [6, 6.07) is 9.97. The van der Waals surface area contributed by atoms with Crippen LogP contribution in [0.25, 0.3) is 0 Å². The van der Waals surface area contributed by atoms with Gasteiger partial charge in [-0.05, 0) is 49.7 Å². The smallest absolute Gasteiger partial charge is 0.331 e. The maximum atomic E-state index is 13.7. The van der Waals surface area contributed by atoms with Crippen molar-refractivity contribution < 1.29 is 19.4 Å². The third kappa shape index (κ3) is 4.90. The maximum absolute atomic E-state index is 13.7. The zero-order valence-electron chi connectivity index (χ0n) is 20.4. The van der Waals surface area contributed by atoms with Crippen LogP contribution in [0.2, 0.25) is 0 Å². The average Bonchev–Trinajstić information content (AvgIpc) is 3.07. The molecule has 0 saturated carbocycles. The minimum absolute atomic E-state index is 0.0671. The van der Waals surface area contributed by atoms with Crippen molar-refractivity contribution in [1.29, 1.82) is 0 Å². The lowest BCUT2D eigenvalue weighted by Crippen LogP contribution is -2.56. The standard InChI is InChI=1S/C29H37NO4/c1-19-9-7-13-23-17-20(2)21(3)27-25(18-22-11-5-4-6-12-22)30-28(33)29(23,27)34-26(32)16-15-24(31)14-8-10-19/h4-7,11-13,15-17,19,21,23-25,27,31H,8-10,14,18H2,1-3H3,(H,30,33)/b13-7+,16-15+/t19-,21+,23-,24+,25-,27-,29+/m0/s1. The van der Waals surface area contributed by atoms with Gasteiger partial charge in [-0.25, -0.2) is 4.79 Å². The number of allylic oxidation sites excluding steroid dienone is 2. The first-order valence-corrected chi connectivity index (χ1v) is 12.6. The summed E-state index contributed by atoms with van der Waals surface area (Å²) < 4.78 is 6.14. The summed E-state index contributed by atoms with van der Waals surface area (Å²) in [4.78, 5) is 26.7. The number of benzene rings is 1. The molecule has 1 aliphatic carbocycles. The van der Waals surface area contributed by atoms with E-state index in [9.17, 15) is 14.7 Å². The minimum Gasteiger partial charge on any atom is -0.444 e. The molecule has 0 unspecified atom stereocenters. The molecule has 1 spiro atoms. The molecule has 1 aromatic rings. The second-order valence-electron chi connectivity index (χ2n) is 10.4. The number of carbonyl (C=O) groups is 2. The van der Waals surface area contributed by atoms with E-state index in [0.29, 0.717) is 18.8 Å². The van der Waals surface area contributed by atoms with E-state index in [1.807, 2.05) is 18.2 Å². The number of ether oxygens (including phenoxy) is 1. The maximum Gasteiger partial charge on any atom is 0.331 e. The molecule has 2 heterocycles. The number of amides is 1. The monoisotopic (exact) mass is 463 g/mol. The average molecular weight is 464 g/mol. The number of aliphatic hydroxyl groups excluding tert-OH is 1. The van der Waals surface area contributed by atoms with Crippen LogP contribution in [0, 0.1) is 23.7 Å². The second-order valence-corrected chi connectivity index (χ2v) is 10.4. The SMILES string of the molecule is CC1=C[C@@H]2/C=C/C[C@H](C)CCC[C@@H](O)/C=C/C(=O)O[C@]23C(=O)N[C@@H](Cc2ccccc2)[C@@H]3[C@@H]1C. The quantitative estimate of drug-likeness (QED) is 0.499. The highest BCUT2D eigenvalue weighted by Gasteiger charge is 2.64. The molecular weight excluding hydrogens is 426 g/mol. The Morgan fingerprint density at radius 2 is 1.88 bits per heavy atom. The molecule has 1 aromatic carbocycles. The highest BCUT2D eigenvalue weighted by molar-refractivity contribution is 5.94. The molecule has 3 aliphatic rings. The summed E-state index contributed by atoms with van der Waals surface area (Å²) in [7, 11) is 0. The first-order chi connectivity index (χ1) is 16.3. The van der Waals surface area contributed by atoms with E-state index in [-0.39, 0.29) is 29.7 Å². The Bertz CT molecular complexity index is 981. The molecule has 0 bridgehead atoms. The van der Waals surface area contributed by atoms with Crippen molar-refractivity contribution in [2.24, 2.45) is 23.7 Å². The van der Waals surface area contributed by atoms with Crippen molar-refractivity contribution in [3.63, 3.8) is 0 Å². The largest absolute Gasteiger partial charge is 0.444 e. The lowest BCUT2D eigenvalue weighted by molar-refractivity contribution is -0.172. The highest BCUT2D eigenvalue weighted by atomic mass is 16.6. The van der Waals surface area contributed by atoms with Gasteiger partial charge in [-0.15, -0.1) is 0 Å². The normalized spacial score (nSPS) is 38.4. The summed E-state index contributed by atoms with van der Waals surface area (Å²) in [5.41, 5.74) is 1.04. The van der Waals surface area contributed by atoms with E-state index in [0.717, 1.165) is 24.8 Å². The first kappa shape index (κ1) is 24.5. The van der Waals surface area contributed by atoms with E-state index in [1.54, 1.807) is 0 Å². The molecular formula is C29H37NO4. The van der Waals surface area contributed by atoms with Gasteiger partial charge in [0.15, 0.2) is 0 Å². The van der Waals surface area contributed by atoms with E-state index < -0.39 is 17.7 Å². The first-order valence-electron chi connectivity index (χ1n) is 12.6. The molecule has 1 saturated heterocycles. The Balaban J connectivity index is 1.75. The van der Waals surface area contributed by atoms with E-state index in [1.165, 1.54) is 17.7 Å². The van der Waals surface area contributed by atoms with Gasteiger partial charge in [-0.1, -0.05) is 80.8 Å². The number of hydrogen-bond donors (Lipinski definition) is 2. The predicted octanol–water partition coefficient (Wildman–Crippen LogP) is 4.52. The van der Waals surface area contributed by atoms with Gasteiger partial charge in [0.05, 0.1) is 6.10 Å². The van der Waals surface area contributed by atoms with Crippen molar-refractivity contribution >= 4 is 11.9 Å². The Hall–Kier alpha value is -2.66. The number of esters is 1. The second kappa shape index (κ2) is 10.3. The van der Waals surface area contributed by atoms with Crippen LogP contribution in [0.3, 0.4) is 0 Å². The number of hydrogen-bond acceptors (Lipinski definition) is 4. The lowest BCUT2D eigenvalue weighted by Gasteiger charge is -2.44. The zero-order valence-corrected chi connectivity index (χ0v) is 20.4. The van der Waals surface area contributed by atoms with Crippen molar-refractivity contribution in [3.05, 3.63) is 71.8 Å². The molecule has 0 radical (unpaired) electrons. The van der Waals surface area contributed by atoms with Crippen molar-refractivity contribution in [2.75, 3.05) is 0 Å². The van der Waals surface area contributed by atoms with Gasteiger partial charge in [0.1, 0.15) is 0 Å². The molecule has 5 heteroatoms. The van der Waals surface area contributed by atoms with Crippen LogP contribution in [0.1, 0.15) is 52.0 Å². The van der Waals surface area contributed by atoms with Crippen LogP contribution in [-0.4, -0.2) is 34.7 Å². The minimum atomic E-state index is -1.31. The number of nitrogens with one attached hydrogen (secondary N) is 1. The molecule has 34 heavy (non-hydrogen) atoms. The third-order valence-electron chi connectivity index (χ3n) is 7.90. The van der Waals surface area contributed by atoms with Crippen LogP contribution in [0.15, 0.2) is 66.3 Å². The van der Waals surface area contributed by atoms with Crippen molar-refractivity contribution in [1.82, 2.24) is 5.32 Å². The summed E-state index contributed by atoms with van der Waals surface area (Å²) in [5.74, 6) is -0.813. The fraction of sp³-hybridized carbons (Fsp3) is 0.517. The molecule has 2 aliphatic heterocycles. The molecule has 2 N–H and O–H groups in total. The fourth-order valence-electron chi connectivity index (χ4n) is 5.92. The summed E-state index contributed by atoms with van der Waals surface area (Å²) in [6.45, 7) is 6.44. The number of carbonyl (C=O) groups excluding carboxylic acids is 2. The van der Waals surface area contributed by atoms with Crippen LogP contribution in [0.4, 0.5) is 0 Å². The Morgan fingerprint density at radius 1 is 1.12 bits per heavy atom. The van der Waals surface area contributed by atoms with Gasteiger partial charge in [0.2, 0.25) is 5.60 Å². The van der Waals surface area contributed by atoms with E-state index in [2.05, 4.69) is 56.4 Å². The van der Waals surface area contributed by atoms with Gasteiger partial charge in [0.25, 0.3) is 5.91 Å². The molecule has 0 aromatic heterocycles. The third-order valence-corrected chi connectivity index (χ3v) is 7.90. The molecule has 1 amide bonds. The molecule has 4 rings (SSSR count). The van der Waals surface area contributed by atoms with Gasteiger partial charge >= 0.3 is 5.97 Å². The fourth-order valence-corrected chi connectivity index (χ4v) is 5.92.